The summed E-state index contributed by atoms with van der Waals surface area (Å²) < 4.78 is 38.4. The lowest BCUT2D eigenvalue weighted by atomic mass is 9.97. The Morgan fingerprint density at radius 2 is 2.14 bits per heavy atom. The van der Waals surface area contributed by atoms with Crippen molar-refractivity contribution in [2.45, 2.75) is 25.6 Å². The molecule has 0 saturated carbocycles. The molecule has 1 unspecified atom stereocenters. The summed E-state index contributed by atoms with van der Waals surface area (Å²) in [5.41, 5.74) is 6.64. The van der Waals surface area contributed by atoms with Crippen molar-refractivity contribution in [3.8, 4) is 0 Å². The lowest BCUT2D eigenvalue weighted by molar-refractivity contribution is -0.187. The molecule has 0 bridgehead atoms. The van der Waals surface area contributed by atoms with E-state index in [2.05, 4.69) is 0 Å². The van der Waals surface area contributed by atoms with E-state index in [0.717, 1.165) is 5.56 Å². The van der Waals surface area contributed by atoms with Crippen molar-refractivity contribution in [1.29, 1.82) is 5.41 Å². The number of nitrogens with two attached hydrogens (primary N) is 1. The monoisotopic (exact) mass is 319 g/mol. The van der Waals surface area contributed by atoms with Gasteiger partial charge in [0, 0.05) is 23.7 Å². The maximum atomic E-state index is 12.8. The molecule has 0 amide bonds. The number of alkyl halides is 3. The van der Waals surface area contributed by atoms with Gasteiger partial charge in [0.2, 0.25) is 0 Å². The highest BCUT2D eigenvalue weighted by molar-refractivity contribution is 6.31. The Morgan fingerprint density at radius 1 is 1.43 bits per heavy atom. The summed E-state index contributed by atoms with van der Waals surface area (Å²) in [4.78, 5) is 1.77. The molecule has 1 saturated heterocycles. The second-order valence-electron chi connectivity index (χ2n) is 5.34. The minimum Gasteiger partial charge on any atom is -0.384 e. The SMILES string of the molecule is N=C(N)c1ccc(CN2CCCC(C(F)(F)F)C2)c(Cl)c1. The van der Waals surface area contributed by atoms with Gasteiger partial charge in [-0.15, -0.1) is 0 Å². The van der Waals surface area contributed by atoms with Crippen LogP contribution in [0, 0.1) is 11.3 Å². The average Bonchev–Trinajstić information content (AvgIpc) is 2.40. The minimum absolute atomic E-state index is 0.00822. The molecule has 0 aromatic heterocycles. The first-order valence-electron chi connectivity index (χ1n) is 6.69. The van der Waals surface area contributed by atoms with Crippen molar-refractivity contribution in [1.82, 2.24) is 4.90 Å². The highest BCUT2D eigenvalue weighted by Gasteiger charge is 2.41. The van der Waals surface area contributed by atoms with E-state index < -0.39 is 12.1 Å². The van der Waals surface area contributed by atoms with Crippen LogP contribution in [0.4, 0.5) is 13.2 Å². The Bertz CT molecular complexity index is 531. The lowest BCUT2D eigenvalue weighted by Crippen LogP contribution is -2.41. The van der Waals surface area contributed by atoms with Gasteiger partial charge in [-0.1, -0.05) is 23.7 Å². The molecule has 116 valence electrons. The number of nitrogens with one attached hydrogen (secondary N) is 1. The predicted molar refractivity (Wildman–Crippen MR) is 76.5 cm³/mol. The minimum atomic E-state index is -4.14. The molecule has 0 radical (unpaired) electrons. The third kappa shape index (κ3) is 4.11. The van der Waals surface area contributed by atoms with Crippen LogP contribution in [0.3, 0.4) is 0 Å². The Balaban J connectivity index is 2.06. The van der Waals surface area contributed by atoms with E-state index in [9.17, 15) is 13.2 Å². The molecule has 0 aliphatic carbocycles. The molecule has 7 heteroatoms. The number of halogens is 4. The number of nitrogens with zero attached hydrogens (tertiary/aromatic N) is 1. The highest BCUT2D eigenvalue weighted by atomic mass is 35.5. The molecule has 1 atom stereocenters. The lowest BCUT2D eigenvalue weighted by Gasteiger charge is -2.33. The van der Waals surface area contributed by atoms with Crippen molar-refractivity contribution in [3.63, 3.8) is 0 Å². The standard InChI is InChI=1S/C14H17ClF3N3/c15-12-6-9(13(19)20)3-4-10(12)7-21-5-1-2-11(8-21)14(16,17)18/h3-4,6,11H,1-2,5,7-8H2,(H3,19,20). The molecule has 21 heavy (non-hydrogen) atoms. The fourth-order valence-electron chi connectivity index (χ4n) is 2.55. The normalized spacial score (nSPS) is 20.5. The number of hydrogen-bond acceptors (Lipinski definition) is 2. The van der Waals surface area contributed by atoms with Gasteiger partial charge in [-0.05, 0) is 31.0 Å². The van der Waals surface area contributed by atoms with Gasteiger partial charge < -0.3 is 5.73 Å². The second kappa shape index (κ2) is 6.23. The Labute approximate surface area is 126 Å². The van der Waals surface area contributed by atoms with E-state index in [4.69, 9.17) is 22.7 Å². The third-order valence-electron chi connectivity index (χ3n) is 3.73. The van der Waals surface area contributed by atoms with Gasteiger partial charge in [0.05, 0.1) is 5.92 Å². The van der Waals surface area contributed by atoms with Gasteiger partial charge in [-0.25, -0.2) is 0 Å². The second-order valence-corrected chi connectivity index (χ2v) is 5.74. The fourth-order valence-corrected chi connectivity index (χ4v) is 2.79. The maximum absolute atomic E-state index is 12.8. The Kier molecular flexibility index (Phi) is 4.78. The molecular weight excluding hydrogens is 303 g/mol. The molecule has 1 aliphatic rings. The zero-order valence-electron chi connectivity index (χ0n) is 11.4. The number of piperidine rings is 1. The van der Waals surface area contributed by atoms with Gasteiger partial charge >= 0.3 is 6.18 Å². The van der Waals surface area contributed by atoms with Gasteiger partial charge in [-0.3, -0.25) is 10.3 Å². The fraction of sp³-hybridized carbons (Fsp3) is 0.500. The molecule has 1 fully saturated rings. The number of likely N-dealkylation sites (tertiary alicyclic amines) is 1. The van der Waals surface area contributed by atoms with E-state index in [1.165, 1.54) is 0 Å². The summed E-state index contributed by atoms with van der Waals surface area (Å²) in [7, 11) is 0. The van der Waals surface area contributed by atoms with Gasteiger partial charge in [-0.2, -0.15) is 13.2 Å². The van der Waals surface area contributed by atoms with Gasteiger partial charge in [0.25, 0.3) is 0 Å². The van der Waals surface area contributed by atoms with Crippen LogP contribution < -0.4 is 5.73 Å². The third-order valence-corrected chi connectivity index (χ3v) is 4.08. The van der Waals surface area contributed by atoms with E-state index in [1.807, 2.05) is 0 Å². The first kappa shape index (κ1) is 16.1. The van der Waals surface area contributed by atoms with Crippen molar-refractivity contribution >= 4 is 17.4 Å². The van der Waals surface area contributed by atoms with E-state index >= 15 is 0 Å². The van der Waals surface area contributed by atoms with Crippen molar-refractivity contribution in [2.24, 2.45) is 11.7 Å². The van der Waals surface area contributed by atoms with Crippen LogP contribution in [0.25, 0.3) is 0 Å². The van der Waals surface area contributed by atoms with E-state index in [0.29, 0.717) is 30.1 Å². The van der Waals surface area contributed by atoms with Gasteiger partial charge in [0.15, 0.2) is 0 Å². The zero-order valence-corrected chi connectivity index (χ0v) is 12.1. The molecule has 2 rings (SSSR count). The number of nitrogen functional groups attached to an aromatic ring is 1. The molecule has 1 aromatic carbocycles. The average molecular weight is 320 g/mol. The van der Waals surface area contributed by atoms with Crippen LogP contribution in [0.1, 0.15) is 24.0 Å². The molecule has 1 aliphatic heterocycles. The summed E-state index contributed by atoms with van der Waals surface area (Å²) >= 11 is 6.12. The van der Waals surface area contributed by atoms with Crippen LogP contribution >= 0.6 is 11.6 Å². The van der Waals surface area contributed by atoms with Crippen molar-refractivity contribution < 1.29 is 13.2 Å². The van der Waals surface area contributed by atoms with Crippen molar-refractivity contribution in [2.75, 3.05) is 13.1 Å². The molecule has 0 spiro atoms. The predicted octanol–water partition coefficient (Wildman–Crippen LogP) is 3.40. The van der Waals surface area contributed by atoms with Crippen LogP contribution in [0.15, 0.2) is 18.2 Å². The number of benzene rings is 1. The topological polar surface area (TPSA) is 53.1 Å². The molecule has 1 aromatic rings. The van der Waals surface area contributed by atoms with E-state index in [1.54, 1.807) is 23.1 Å². The smallest absolute Gasteiger partial charge is 0.384 e. The summed E-state index contributed by atoms with van der Waals surface area (Å²) in [6.07, 6.45) is -3.41. The van der Waals surface area contributed by atoms with Crippen LogP contribution in [-0.2, 0) is 6.54 Å². The number of hydrogen-bond donors (Lipinski definition) is 2. The van der Waals surface area contributed by atoms with Crippen LogP contribution in [0.2, 0.25) is 5.02 Å². The molecule has 3 nitrogen and oxygen atoms in total. The van der Waals surface area contributed by atoms with Crippen LogP contribution in [-0.4, -0.2) is 30.0 Å². The zero-order chi connectivity index (χ0) is 15.6. The van der Waals surface area contributed by atoms with E-state index in [-0.39, 0.29) is 18.8 Å². The Morgan fingerprint density at radius 3 is 2.71 bits per heavy atom. The highest BCUT2D eigenvalue weighted by Crippen LogP contribution is 2.34. The number of amidine groups is 1. The van der Waals surface area contributed by atoms with Gasteiger partial charge in [0.1, 0.15) is 5.84 Å². The summed E-state index contributed by atoms with van der Waals surface area (Å²) in [6, 6.07) is 4.95. The first-order valence-corrected chi connectivity index (χ1v) is 7.07. The molecule has 3 N–H and O–H groups in total. The molecule has 1 heterocycles. The maximum Gasteiger partial charge on any atom is 0.393 e. The molecular formula is C14H17ClF3N3. The number of rotatable bonds is 3. The van der Waals surface area contributed by atoms with Crippen LogP contribution in [0.5, 0.6) is 0 Å². The quantitative estimate of drug-likeness (QED) is 0.662. The first-order chi connectivity index (χ1) is 9.77. The Hall–Kier alpha value is -1.27. The van der Waals surface area contributed by atoms with Crippen molar-refractivity contribution in [3.05, 3.63) is 34.3 Å². The summed E-state index contributed by atoms with van der Waals surface area (Å²) in [5, 5.41) is 7.76. The summed E-state index contributed by atoms with van der Waals surface area (Å²) in [5.74, 6) is -1.35. The largest absolute Gasteiger partial charge is 0.393 e. The summed E-state index contributed by atoms with van der Waals surface area (Å²) in [6.45, 7) is 1.02.